The van der Waals surface area contributed by atoms with Gasteiger partial charge in [-0.1, -0.05) is 23.5 Å². The van der Waals surface area contributed by atoms with Gasteiger partial charge >= 0.3 is 0 Å². The van der Waals surface area contributed by atoms with Crippen molar-refractivity contribution in [3.63, 3.8) is 0 Å². The van der Waals surface area contributed by atoms with Crippen molar-refractivity contribution in [3.05, 3.63) is 53.6 Å². The van der Waals surface area contributed by atoms with Crippen LogP contribution in [0.3, 0.4) is 0 Å². The van der Waals surface area contributed by atoms with E-state index in [-0.39, 0.29) is 22.7 Å². The van der Waals surface area contributed by atoms with Gasteiger partial charge in [-0.15, -0.1) is 0 Å². The Morgan fingerprint density at radius 2 is 1.76 bits per heavy atom. The van der Waals surface area contributed by atoms with E-state index in [9.17, 15) is 22.0 Å². The van der Waals surface area contributed by atoms with Crippen molar-refractivity contribution >= 4 is 42.4 Å². The summed E-state index contributed by atoms with van der Waals surface area (Å²) < 4.78 is 52.8. The second-order valence-electron chi connectivity index (χ2n) is 8.35. The number of thiazole rings is 1. The minimum Gasteiger partial charge on any atom is -0.309 e. The third-order valence-electron chi connectivity index (χ3n) is 5.15. The number of carbonyl (C=O) groups excluding carboxylic acids is 1. The van der Waals surface area contributed by atoms with Gasteiger partial charge in [-0.05, 0) is 64.7 Å². The molecule has 1 amide bonds. The van der Waals surface area contributed by atoms with Crippen molar-refractivity contribution in [2.45, 2.75) is 36.8 Å². The summed E-state index contributed by atoms with van der Waals surface area (Å²) >= 11 is 1.06. The van der Waals surface area contributed by atoms with Crippen LogP contribution in [0.4, 0.5) is 13.9 Å². The minimum absolute atomic E-state index is 0.0245. The number of benzene rings is 2. The lowest BCUT2D eigenvalue weighted by Crippen LogP contribution is -2.34. The van der Waals surface area contributed by atoms with Crippen LogP contribution in [-0.2, 0) is 21.1 Å². The van der Waals surface area contributed by atoms with Gasteiger partial charge in [0.2, 0.25) is 5.91 Å². The van der Waals surface area contributed by atoms with Gasteiger partial charge in [0.1, 0.15) is 11.3 Å². The third-order valence-corrected chi connectivity index (χ3v) is 8.34. The van der Waals surface area contributed by atoms with Gasteiger partial charge in [-0.3, -0.25) is 9.69 Å². The van der Waals surface area contributed by atoms with Crippen molar-refractivity contribution in [2.24, 2.45) is 0 Å². The summed E-state index contributed by atoms with van der Waals surface area (Å²) in [6.45, 7) is 4.33. The Morgan fingerprint density at radius 1 is 1.09 bits per heavy atom. The SMILES string of the molecule is CC(C)S(=O)(=O)c1ccc(CC(=O)N(CCCN(C)C)c2nc3c(F)cc(F)cc3s2)cc1. The number of halogens is 2. The zero-order chi connectivity index (χ0) is 24.3. The Labute approximate surface area is 196 Å². The molecule has 178 valence electrons. The Hall–Kier alpha value is -2.43. The maximum atomic E-state index is 14.2. The van der Waals surface area contributed by atoms with Crippen LogP contribution in [0, 0.1) is 11.6 Å². The molecule has 0 saturated carbocycles. The molecule has 6 nitrogen and oxygen atoms in total. The first-order valence-electron chi connectivity index (χ1n) is 10.5. The molecule has 33 heavy (non-hydrogen) atoms. The van der Waals surface area contributed by atoms with Crippen LogP contribution in [0.5, 0.6) is 0 Å². The van der Waals surface area contributed by atoms with E-state index in [2.05, 4.69) is 4.98 Å². The van der Waals surface area contributed by atoms with E-state index in [4.69, 9.17) is 0 Å². The molecule has 0 unspecified atom stereocenters. The summed E-state index contributed by atoms with van der Waals surface area (Å²) in [7, 11) is 0.452. The van der Waals surface area contributed by atoms with E-state index >= 15 is 0 Å². The number of hydrogen-bond acceptors (Lipinski definition) is 6. The van der Waals surface area contributed by atoms with E-state index in [0.29, 0.717) is 28.4 Å². The first kappa shape index (κ1) is 25.2. The molecule has 0 saturated heterocycles. The maximum Gasteiger partial charge on any atom is 0.233 e. The van der Waals surface area contributed by atoms with E-state index in [1.165, 1.54) is 23.1 Å². The number of sulfone groups is 1. The maximum absolute atomic E-state index is 14.2. The molecule has 0 radical (unpaired) electrons. The summed E-state index contributed by atoms with van der Waals surface area (Å²) in [5.74, 6) is -1.72. The second kappa shape index (κ2) is 10.2. The molecule has 0 N–H and O–H groups in total. The molecule has 10 heteroatoms. The first-order chi connectivity index (χ1) is 15.5. The number of anilines is 1. The van der Waals surface area contributed by atoms with E-state index in [1.807, 2.05) is 19.0 Å². The monoisotopic (exact) mass is 495 g/mol. The molecular formula is C23H27F2N3O3S2. The Kier molecular flexibility index (Phi) is 7.81. The zero-order valence-electron chi connectivity index (χ0n) is 19.0. The lowest BCUT2D eigenvalue weighted by atomic mass is 10.1. The summed E-state index contributed by atoms with van der Waals surface area (Å²) in [6.07, 6.45) is 0.688. The number of fused-ring (bicyclic) bond motifs is 1. The molecule has 0 atom stereocenters. The largest absolute Gasteiger partial charge is 0.309 e. The fourth-order valence-corrected chi connectivity index (χ4v) is 5.38. The predicted molar refractivity (Wildman–Crippen MR) is 128 cm³/mol. The van der Waals surface area contributed by atoms with Crippen molar-refractivity contribution in [1.29, 1.82) is 0 Å². The minimum atomic E-state index is -3.40. The van der Waals surface area contributed by atoms with Gasteiger partial charge in [-0.25, -0.2) is 22.2 Å². The highest BCUT2D eigenvalue weighted by atomic mass is 32.2. The van der Waals surface area contributed by atoms with Crippen LogP contribution in [0.2, 0.25) is 0 Å². The molecule has 0 aliphatic carbocycles. The molecule has 3 rings (SSSR count). The smallest absolute Gasteiger partial charge is 0.233 e. The van der Waals surface area contributed by atoms with Crippen molar-refractivity contribution in [3.8, 4) is 0 Å². The summed E-state index contributed by atoms with van der Waals surface area (Å²) in [6, 6.07) is 8.23. The molecule has 0 spiro atoms. The standard InChI is InChI=1S/C23H27F2N3O3S2/c1-15(2)33(30,31)18-8-6-16(7-9-18)12-21(29)28(11-5-10-27(3)4)23-26-22-19(25)13-17(24)14-20(22)32-23/h6-9,13-15H,5,10-12H2,1-4H3. The van der Waals surface area contributed by atoms with Crippen molar-refractivity contribution in [1.82, 2.24) is 9.88 Å². The molecule has 0 aliphatic rings. The normalized spacial score (nSPS) is 12.1. The quantitative estimate of drug-likeness (QED) is 0.443. The summed E-state index contributed by atoms with van der Waals surface area (Å²) in [5, 5.41) is -0.237. The topological polar surface area (TPSA) is 70.6 Å². The molecule has 3 aromatic rings. The van der Waals surface area contributed by atoms with Crippen molar-refractivity contribution < 1.29 is 22.0 Å². The predicted octanol–water partition coefficient (Wildman–Crippen LogP) is 4.28. The van der Waals surface area contributed by atoms with Crippen LogP contribution in [-0.4, -0.2) is 56.6 Å². The van der Waals surface area contributed by atoms with Crippen LogP contribution >= 0.6 is 11.3 Å². The Morgan fingerprint density at radius 3 is 2.36 bits per heavy atom. The highest BCUT2D eigenvalue weighted by Gasteiger charge is 2.23. The fourth-order valence-electron chi connectivity index (χ4n) is 3.27. The molecule has 1 aromatic heterocycles. The number of amides is 1. The number of rotatable bonds is 9. The lowest BCUT2D eigenvalue weighted by Gasteiger charge is -2.21. The number of carbonyl (C=O) groups is 1. The lowest BCUT2D eigenvalue weighted by molar-refractivity contribution is -0.118. The van der Waals surface area contributed by atoms with Crippen molar-refractivity contribution in [2.75, 3.05) is 32.1 Å². The van der Waals surface area contributed by atoms with Gasteiger partial charge in [0, 0.05) is 12.6 Å². The van der Waals surface area contributed by atoms with E-state index in [1.54, 1.807) is 26.0 Å². The summed E-state index contributed by atoms with van der Waals surface area (Å²) in [5.41, 5.74) is 0.684. The fraction of sp³-hybridized carbons (Fsp3) is 0.391. The van der Waals surface area contributed by atoms with Gasteiger partial charge in [0.05, 0.1) is 21.3 Å². The van der Waals surface area contributed by atoms with Crippen LogP contribution < -0.4 is 4.90 Å². The van der Waals surface area contributed by atoms with E-state index < -0.39 is 26.7 Å². The van der Waals surface area contributed by atoms with Gasteiger partial charge in [0.25, 0.3) is 0 Å². The van der Waals surface area contributed by atoms with Crippen LogP contribution in [0.25, 0.3) is 10.2 Å². The molecule has 2 aromatic carbocycles. The zero-order valence-corrected chi connectivity index (χ0v) is 20.6. The average Bonchev–Trinajstić information content (AvgIpc) is 3.15. The Bertz CT molecular complexity index is 1240. The van der Waals surface area contributed by atoms with Gasteiger partial charge in [0.15, 0.2) is 20.8 Å². The summed E-state index contributed by atoms with van der Waals surface area (Å²) in [4.78, 5) is 21.2. The van der Waals surface area contributed by atoms with E-state index in [0.717, 1.165) is 23.9 Å². The van der Waals surface area contributed by atoms with Gasteiger partial charge < -0.3 is 4.90 Å². The third kappa shape index (κ3) is 5.93. The molecule has 0 fully saturated rings. The highest BCUT2D eigenvalue weighted by Crippen LogP contribution is 2.31. The number of nitrogens with zero attached hydrogens (tertiary/aromatic N) is 3. The number of aromatic nitrogens is 1. The molecule has 1 heterocycles. The molecule has 0 bridgehead atoms. The average molecular weight is 496 g/mol. The number of hydrogen-bond donors (Lipinski definition) is 0. The van der Waals surface area contributed by atoms with Crippen LogP contribution in [0.15, 0.2) is 41.3 Å². The molecular weight excluding hydrogens is 468 g/mol. The van der Waals surface area contributed by atoms with Gasteiger partial charge in [-0.2, -0.15) is 0 Å². The van der Waals surface area contributed by atoms with Crippen LogP contribution in [0.1, 0.15) is 25.8 Å². The Balaban J connectivity index is 1.86. The first-order valence-corrected chi connectivity index (χ1v) is 12.9. The molecule has 0 aliphatic heterocycles. The second-order valence-corrected chi connectivity index (χ2v) is 11.9. The highest BCUT2D eigenvalue weighted by molar-refractivity contribution is 7.92.